The number of aromatic nitrogens is 3. The fourth-order valence-corrected chi connectivity index (χ4v) is 4.87. The first-order valence-corrected chi connectivity index (χ1v) is 13.2. The number of hydrogen-bond donors (Lipinski definition) is 2. The number of carbonyl (C=O) groups excluding carboxylic acids is 2. The largest absolute Gasteiger partial charge is 0.416 e. The third-order valence-electron chi connectivity index (χ3n) is 6.88. The monoisotopic (exact) mass is 611 g/mol. The van der Waals surface area contributed by atoms with Gasteiger partial charge < -0.3 is 10.6 Å². The number of rotatable bonds is 8. The van der Waals surface area contributed by atoms with Gasteiger partial charge in [0.2, 0.25) is 5.91 Å². The zero-order chi connectivity index (χ0) is 31.6. The summed E-state index contributed by atoms with van der Waals surface area (Å²) >= 11 is 0. The summed E-state index contributed by atoms with van der Waals surface area (Å²) in [5.74, 6) is -3.81. The summed E-state index contributed by atoms with van der Waals surface area (Å²) in [6, 6.07) is 11.9. The second-order valence-electron chi connectivity index (χ2n) is 9.89. The van der Waals surface area contributed by atoms with Crippen LogP contribution in [0.15, 0.2) is 79.1 Å². The Morgan fingerprint density at radius 3 is 2.41 bits per heavy atom. The quantitative estimate of drug-likeness (QED) is 0.211. The molecule has 226 valence electrons. The average Bonchev–Trinajstić information content (AvgIpc) is 3.37. The van der Waals surface area contributed by atoms with Crippen LogP contribution in [0, 0.1) is 17.5 Å². The van der Waals surface area contributed by atoms with Gasteiger partial charge in [0.1, 0.15) is 24.0 Å². The summed E-state index contributed by atoms with van der Waals surface area (Å²) in [5.41, 5.74) is 0.0849. The molecule has 0 radical (unpaired) electrons. The highest BCUT2D eigenvalue weighted by Gasteiger charge is 2.31. The summed E-state index contributed by atoms with van der Waals surface area (Å²) in [5, 5.41) is 9.55. The Morgan fingerprint density at radius 1 is 0.955 bits per heavy atom. The molecule has 44 heavy (non-hydrogen) atoms. The van der Waals surface area contributed by atoms with Crippen molar-refractivity contribution in [1.82, 2.24) is 25.4 Å². The van der Waals surface area contributed by atoms with E-state index in [2.05, 4.69) is 20.7 Å². The van der Waals surface area contributed by atoms with E-state index in [1.807, 2.05) is 0 Å². The third kappa shape index (κ3) is 6.56. The normalized spacial score (nSPS) is 12.2. The van der Waals surface area contributed by atoms with E-state index in [0.717, 1.165) is 35.0 Å². The lowest BCUT2D eigenvalue weighted by Gasteiger charge is -2.22. The topological polar surface area (TPSA) is 88.9 Å². The van der Waals surface area contributed by atoms with Crippen LogP contribution in [0.4, 0.5) is 26.3 Å². The first kappa shape index (κ1) is 30.3. The highest BCUT2D eigenvalue weighted by atomic mass is 19.4. The highest BCUT2D eigenvalue weighted by molar-refractivity contribution is 5.95. The Balaban J connectivity index is 1.52. The molecule has 2 N–H and O–H groups in total. The predicted molar refractivity (Wildman–Crippen MR) is 149 cm³/mol. The van der Waals surface area contributed by atoms with Crippen LogP contribution >= 0.6 is 0 Å². The van der Waals surface area contributed by atoms with E-state index in [0.29, 0.717) is 22.6 Å². The van der Waals surface area contributed by atoms with Gasteiger partial charge in [0.05, 0.1) is 34.6 Å². The van der Waals surface area contributed by atoms with E-state index in [9.17, 15) is 35.9 Å². The molecule has 0 unspecified atom stereocenters. The second-order valence-corrected chi connectivity index (χ2v) is 9.89. The molecular weight excluding hydrogens is 588 g/mol. The van der Waals surface area contributed by atoms with Crippen molar-refractivity contribution in [2.24, 2.45) is 0 Å². The minimum Gasteiger partial charge on any atom is -0.355 e. The van der Waals surface area contributed by atoms with Crippen molar-refractivity contribution in [2.45, 2.75) is 25.2 Å². The molecule has 0 bridgehead atoms. The molecule has 0 saturated carbocycles. The van der Waals surface area contributed by atoms with Gasteiger partial charge in [-0.1, -0.05) is 18.2 Å². The van der Waals surface area contributed by atoms with Gasteiger partial charge in [-0.05, 0) is 60.0 Å². The number of amides is 2. The maximum Gasteiger partial charge on any atom is 0.416 e. The van der Waals surface area contributed by atoms with Crippen LogP contribution in [0.1, 0.15) is 33.2 Å². The third-order valence-corrected chi connectivity index (χ3v) is 6.88. The van der Waals surface area contributed by atoms with Crippen LogP contribution in [0.3, 0.4) is 0 Å². The van der Waals surface area contributed by atoms with Gasteiger partial charge in [-0.15, -0.1) is 0 Å². The lowest BCUT2D eigenvalue weighted by Crippen LogP contribution is -2.34. The van der Waals surface area contributed by atoms with E-state index in [4.69, 9.17) is 0 Å². The first-order chi connectivity index (χ1) is 20.9. The summed E-state index contributed by atoms with van der Waals surface area (Å²) in [6.07, 6.45) is -2.01. The van der Waals surface area contributed by atoms with Crippen LogP contribution in [-0.4, -0.2) is 33.6 Å². The number of halogens is 6. The lowest BCUT2D eigenvalue weighted by molar-refractivity contribution is -0.137. The fraction of sp³-hybridized carbons (Fsp3) is 0.161. The number of alkyl halides is 3. The Kier molecular flexibility index (Phi) is 8.39. The van der Waals surface area contributed by atoms with Crippen LogP contribution in [0.25, 0.3) is 22.0 Å². The van der Waals surface area contributed by atoms with Crippen molar-refractivity contribution in [3.05, 3.63) is 119 Å². The second kappa shape index (κ2) is 12.2. The Morgan fingerprint density at radius 2 is 1.70 bits per heavy atom. The molecule has 0 aliphatic rings. The zero-order valence-electron chi connectivity index (χ0n) is 22.9. The average molecular weight is 612 g/mol. The van der Waals surface area contributed by atoms with Crippen LogP contribution in [0.5, 0.6) is 0 Å². The molecule has 0 spiro atoms. The minimum absolute atomic E-state index is 0.0743. The molecule has 0 aliphatic carbocycles. The number of carbonyl (C=O) groups is 2. The Labute approximate surface area is 246 Å². The van der Waals surface area contributed by atoms with Gasteiger partial charge in [0.25, 0.3) is 5.91 Å². The molecule has 0 aliphatic heterocycles. The van der Waals surface area contributed by atoms with Gasteiger partial charge in [0, 0.05) is 30.3 Å². The number of hydrogen-bond acceptors (Lipinski definition) is 4. The van der Waals surface area contributed by atoms with Gasteiger partial charge in [0.15, 0.2) is 0 Å². The van der Waals surface area contributed by atoms with Gasteiger partial charge in [-0.3, -0.25) is 19.3 Å². The predicted octanol–water partition coefficient (Wildman–Crippen LogP) is 5.99. The maximum atomic E-state index is 14.4. The van der Waals surface area contributed by atoms with Gasteiger partial charge in [-0.2, -0.15) is 18.3 Å². The molecule has 5 rings (SSSR count). The van der Waals surface area contributed by atoms with E-state index < -0.39 is 53.6 Å². The Hall–Kier alpha value is -5.20. The summed E-state index contributed by atoms with van der Waals surface area (Å²) in [6.45, 7) is -0.488. The minimum atomic E-state index is -4.61. The standard InChI is InChI=1S/C31H23F6N5O2/c1-38-30(44)24-12-18(5-7-25(24)34)23-3-2-8-39-29(23)26(11-17-9-21(32)14-22(33)10-17)41-28(43)16-42-27-13-20(31(35,36)37)6-4-19(27)15-40-42/h2-10,12-15,26H,11,16H2,1H3,(H,38,44)(H,41,43)/t26-/m0/s1. The zero-order valence-corrected chi connectivity index (χ0v) is 22.9. The van der Waals surface area contributed by atoms with Crippen molar-refractivity contribution >= 4 is 22.7 Å². The van der Waals surface area contributed by atoms with Crippen LogP contribution < -0.4 is 10.6 Å². The van der Waals surface area contributed by atoms with E-state index in [-0.39, 0.29) is 28.8 Å². The number of pyridine rings is 1. The van der Waals surface area contributed by atoms with Crippen LogP contribution in [0.2, 0.25) is 0 Å². The molecule has 7 nitrogen and oxygen atoms in total. The Bertz CT molecular complexity index is 1850. The fourth-order valence-electron chi connectivity index (χ4n) is 4.87. The molecule has 2 amide bonds. The smallest absolute Gasteiger partial charge is 0.355 e. The summed E-state index contributed by atoms with van der Waals surface area (Å²) in [7, 11) is 1.35. The maximum absolute atomic E-state index is 14.4. The number of benzene rings is 3. The van der Waals surface area contributed by atoms with Crippen molar-refractivity contribution < 1.29 is 35.9 Å². The van der Waals surface area contributed by atoms with E-state index in [1.54, 1.807) is 12.1 Å². The number of nitrogens with zero attached hydrogens (tertiary/aromatic N) is 3. The molecule has 0 fully saturated rings. The van der Waals surface area contributed by atoms with E-state index in [1.165, 1.54) is 37.6 Å². The molecule has 2 aromatic heterocycles. The molecule has 2 heterocycles. The van der Waals surface area contributed by atoms with Gasteiger partial charge >= 0.3 is 6.18 Å². The lowest BCUT2D eigenvalue weighted by atomic mass is 9.94. The number of fused-ring (bicyclic) bond motifs is 1. The van der Waals surface area contributed by atoms with E-state index >= 15 is 0 Å². The molecule has 0 saturated heterocycles. The van der Waals surface area contributed by atoms with Crippen molar-refractivity contribution in [3.8, 4) is 11.1 Å². The molecule has 13 heteroatoms. The van der Waals surface area contributed by atoms with Gasteiger partial charge in [-0.25, -0.2) is 13.2 Å². The molecule has 1 atom stereocenters. The molecule has 5 aromatic rings. The summed E-state index contributed by atoms with van der Waals surface area (Å²) in [4.78, 5) is 30.0. The van der Waals surface area contributed by atoms with Crippen LogP contribution in [-0.2, 0) is 23.9 Å². The first-order valence-electron chi connectivity index (χ1n) is 13.2. The van der Waals surface area contributed by atoms with Crippen molar-refractivity contribution in [2.75, 3.05) is 7.05 Å². The molecular formula is C31H23F6N5O2. The molecule has 3 aromatic carbocycles. The summed E-state index contributed by atoms with van der Waals surface area (Å²) < 4.78 is 83.7. The number of nitrogens with one attached hydrogen (secondary N) is 2. The highest BCUT2D eigenvalue weighted by Crippen LogP contribution is 2.32. The van der Waals surface area contributed by atoms with Crippen molar-refractivity contribution in [1.29, 1.82) is 0 Å². The SMILES string of the molecule is CNC(=O)c1cc(-c2cccnc2[C@H](Cc2cc(F)cc(F)c2)NC(=O)Cn2ncc3ccc(C(F)(F)F)cc32)ccc1F. The van der Waals surface area contributed by atoms with Crippen molar-refractivity contribution in [3.63, 3.8) is 0 Å².